The van der Waals surface area contributed by atoms with Gasteiger partial charge >= 0.3 is 6.18 Å². The van der Waals surface area contributed by atoms with Crippen LogP contribution in [0.15, 0.2) is 12.4 Å². The molecule has 1 saturated heterocycles. The van der Waals surface area contributed by atoms with Crippen molar-refractivity contribution < 1.29 is 23.0 Å². The second-order valence-electron chi connectivity index (χ2n) is 8.25. The van der Waals surface area contributed by atoms with Crippen LogP contribution in [0.25, 0.3) is 11.0 Å². The molecule has 1 aliphatic heterocycles. The van der Waals surface area contributed by atoms with Gasteiger partial charge in [-0.3, -0.25) is 4.90 Å². The predicted octanol–water partition coefficient (Wildman–Crippen LogP) is 3.58. The Kier molecular flexibility index (Phi) is 5.92. The smallest absolute Gasteiger partial charge is 0.428 e. The van der Waals surface area contributed by atoms with Crippen molar-refractivity contribution >= 4 is 28.5 Å². The number of methoxy groups -OCH3 is 1. The van der Waals surface area contributed by atoms with E-state index in [0.717, 1.165) is 16.0 Å². The zero-order valence-corrected chi connectivity index (χ0v) is 19.2. The molecule has 3 heterocycles. The SMILES string of the molecule is COc1c(C(C)n2nc(C)c3c(N)ncnc32)cc(Cl)c(C)c1C1CN(C(O)C(F)(F)F)C1. The molecule has 3 N–H and O–H groups in total. The molecule has 2 aromatic heterocycles. The number of aliphatic hydroxyl groups is 1. The first-order valence-electron chi connectivity index (χ1n) is 10.3. The predicted molar refractivity (Wildman–Crippen MR) is 117 cm³/mol. The summed E-state index contributed by atoms with van der Waals surface area (Å²) < 4.78 is 46.1. The zero-order chi connectivity index (χ0) is 24.2. The number of likely N-dealkylation sites (tertiary alicyclic amines) is 1. The number of halogens is 4. The lowest BCUT2D eigenvalue weighted by molar-refractivity contribution is -0.261. The summed E-state index contributed by atoms with van der Waals surface area (Å²) in [7, 11) is 1.51. The molecule has 8 nitrogen and oxygen atoms in total. The van der Waals surface area contributed by atoms with Gasteiger partial charge in [0, 0.05) is 35.2 Å². The third-order valence-electron chi connectivity index (χ3n) is 6.22. The van der Waals surface area contributed by atoms with Gasteiger partial charge in [0.05, 0.1) is 24.2 Å². The van der Waals surface area contributed by atoms with E-state index in [2.05, 4.69) is 15.1 Å². The fourth-order valence-corrected chi connectivity index (χ4v) is 4.69. The van der Waals surface area contributed by atoms with Crippen LogP contribution in [0, 0.1) is 13.8 Å². The van der Waals surface area contributed by atoms with Gasteiger partial charge in [-0.25, -0.2) is 14.6 Å². The second kappa shape index (κ2) is 8.30. The zero-order valence-electron chi connectivity index (χ0n) is 18.5. The third-order valence-corrected chi connectivity index (χ3v) is 6.61. The molecule has 1 aromatic carbocycles. The molecule has 0 radical (unpaired) electrons. The number of aromatic nitrogens is 4. The largest absolute Gasteiger partial charge is 0.496 e. The number of fused-ring (bicyclic) bond motifs is 1. The molecule has 0 bridgehead atoms. The van der Waals surface area contributed by atoms with Gasteiger partial charge in [0.1, 0.15) is 17.9 Å². The molecular weight excluding hydrogens is 461 g/mol. The lowest BCUT2D eigenvalue weighted by Crippen LogP contribution is -2.56. The highest BCUT2D eigenvalue weighted by molar-refractivity contribution is 6.31. The Labute approximate surface area is 193 Å². The third kappa shape index (κ3) is 3.87. The van der Waals surface area contributed by atoms with E-state index >= 15 is 0 Å². The standard InChI is InChI=1S/C21H24ClF3N6O2/c1-9-14(22)5-13(11(3)31-19-16(10(2)29-31)18(26)27-8-28-19)17(33-4)15(9)12-6-30(7-12)20(32)21(23,24)25/h5,8,11-12,20,32H,6-7H2,1-4H3,(H2,26,27,28). The maximum absolute atomic E-state index is 12.9. The van der Waals surface area contributed by atoms with Crippen molar-refractivity contribution in [2.45, 2.75) is 45.1 Å². The van der Waals surface area contributed by atoms with Crippen molar-refractivity contribution in [3.05, 3.63) is 39.8 Å². The highest BCUT2D eigenvalue weighted by Gasteiger charge is 2.48. The molecule has 1 aliphatic rings. The van der Waals surface area contributed by atoms with Crippen LogP contribution < -0.4 is 10.5 Å². The molecule has 0 amide bonds. The van der Waals surface area contributed by atoms with E-state index in [9.17, 15) is 18.3 Å². The Morgan fingerprint density at radius 2 is 1.94 bits per heavy atom. The summed E-state index contributed by atoms with van der Waals surface area (Å²) in [6.45, 7) is 5.57. The number of rotatable bonds is 5. The van der Waals surface area contributed by atoms with Crippen LogP contribution in [0.2, 0.25) is 5.02 Å². The van der Waals surface area contributed by atoms with Gasteiger partial charge in [-0.1, -0.05) is 11.6 Å². The average Bonchev–Trinajstić information content (AvgIpc) is 3.06. The minimum atomic E-state index is -4.71. The van der Waals surface area contributed by atoms with E-state index in [0.29, 0.717) is 38.9 Å². The topological polar surface area (TPSA) is 102 Å². The minimum Gasteiger partial charge on any atom is -0.496 e. The van der Waals surface area contributed by atoms with Gasteiger partial charge in [-0.05, 0) is 32.4 Å². The number of nitrogen functional groups attached to an aromatic ring is 1. The van der Waals surface area contributed by atoms with Crippen LogP contribution in [0.5, 0.6) is 5.75 Å². The molecule has 0 aliphatic carbocycles. The first-order chi connectivity index (χ1) is 15.5. The molecule has 4 rings (SSSR count). The van der Waals surface area contributed by atoms with Crippen molar-refractivity contribution in [2.24, 2.45) is 0 Å². The Morgan fingerprint density at radius 3 is 2.55 bits per heavy atom. The highest BCUT2D eigenvalue weighted by atomic mass is 35.5. The summed E-state index contributed by atoms with van der Waals surface area (Å²) in [6, 6.07) is 1.40. The van der Waals surface area contributed by atoms with Crippen molar-refractivity contribution in [1.82, 2.24) is 24.6 Å². The molecule has 3 aromatic rings. The van der Waals surface area contributed by atoms with Gasteiger partial charge < -0.3 is 15.6 Å². The molecule has 0 spiro atoms. The van der Waals surface area contributed by atoms with Gasteiger partial charge in [0.15, 0.2) is 5.65 Å². The highest BCUT2D eigenvalue weighted by Crippen LogP contribution is 2.45. The summed E-state index contributed by atoms with van der Waals surface area (Å²) in [5.74, 6) is 0.567. The number of ether oxygens (including phenoxy) is 1. The monoisotopic (exact) mass is 484 g/mol. The van der Waals surface area contributed by atoms with Crippen molar-refractivity contribution in [3.8, 4) is 5.75 Å². The molecule has 1 fully saturated rings. The van der Waals surface area contributed by atoms with Crippen LogP contribution in [-0.2, 0) is 0 Å². The number of anilines is 1. The molecular formula is C21H24ClF3N6O2. The number of benzene rings is 1. The van der Waals surface area contributed by atoms with E-state index in [1.807, 2.05) is 13.8 Å². The molecule has 33 heavy (non-hydrogen) atoms. The number of aryl methyl sites for hydroxylation is 1. The fraction of sp³-hybridized carbons (Fsp3) is 0.476. The summed E-state index contributed by atoms with van der Waals surface area (Å²) in [4.78, 5) is 9.34. The van der Waals surface area contributed by atoms with Gasteiger partial charge in [0.2, 0.25) is 6.23 Å². The van der Waals surface area contributed by atoms with Crippen LogP contribution in [0.1, 0.15) is 41.3 Å². The van der Waals surface area contributed by atoms with Crippen LogP contribution in [0.3, 0.4) is 0 Å². The number of alkyl halides is 3. The maximum Gasteiger partial charge on any atom is 0.428 e. The number of hydrogen-bond acceptors (Lipinski definition) is 7. The van der Waals surface area contributed by atoms with Crippen LogP contribution in [-0.4, -0.2) is 62.4 Å². The molecule has 2 unspecified atom stereocenters. The molecule has 2 atom stereocenters. The average molecular weight is 485 g/mol. The summed E-state index contributed by atoms with van der Waals surface area (Å²) in [6.07, 6.45) is -5.84. The Hall–Kier alpha value is -2.63. The molecule has 12 heteroatoms. The van der Waals surface area contributed by atoms with E-state index < -0.39 is 12.4 Å². The summed E-state index contributed by atoms with van der Waals surface area (Å²) in [5.41, 5.74) is 9.39. The van der Waals surface area contributed by atoms with E-state index in [1.165, 1.54) is 13.4 Å². The van der Waals surface area contributed by atoms with E-state index in [-0.39, 0.29) is 25.0 Å². The Bertz CT molecular complexity index is 1210. The van der Waals surface area contributed by atoms with Crippen molar-refractivity contribution in [1.29, 1.82) is 0 Å². The number of nitrogens with zero attached hydrogens (tertiary/aromatic N) is 5. The number of nitrogens with two attached hydrogens (primary N) is 1. The fourth-order valence-electron chi connectivity index (χ4n) is 4.47. The lowest BCUT2D eigenvalue weighted by atomic mass is 9.85. The second-order valence-corrected chi connectivity index (χ2v) is 8.66. The van der Waals surface area contributed by atoms with Gasteiger partial charge in [-0.2, -0.15) is 18.3 Å². The minimum absolute atomic E-state index is 0.0274. The quantitative estimate of drug-likeness (QED) is 0.570. The Balaban J connectivity index is 1.76. The van der Waals surface area contributed by atoms with Gasteiger partial charge in [-0.15, -0.1) is 0 Å². The van der Waals surface area contributed by atoms with Crippen LogP contribution >= 0.6 is 11.6 Å². The van der Waals surface area contributed by atoms with Gasteiger partial charge in [0.25, 0.3) is 0 Å². The van der Waals surface area contributed by atoms with Crippen molar-refractivity contribution in [3.63, 3.8) is 0 Å². The van der Waals surface area contributed by atoms with Crippen molar-refractivity contribution in [2.75, 3.05) is 25.9 Å². The number of aliphatic hydroxyl groups excluding tert-OH is 1. The van der Waals surface area contributed by atoms with E-state index in [4.69, 9.17) is 22.1 Å². The van der Waals surface area contributed by atoms with Crippen LogP contribution in [0.4, 0.5) is 19.0 Å². The van der Waals surface area contributed by atoms with E-state index in [1.54, 1.807) is 17.7 Å². The first-order valence-corrected chi connectivity index (χ1v) is 10.6. The molecule has 178 valence electrons. The molecule has 0 saturated carbocycles. The lowest BCUT2D eigenvalue weighted by Gasteiger charge is -2.43. The first kappa shape index (κ1) is 23.5. The maximum atomic E-state index is 12.9. The normalized spacial score (nSPS) is 17.2. The summed E-state index contributed by atoms with van der Waals surface area (Å²) >= 11 is 6.55. The Morgan fingerprint density at radius 1 is 1.27 bits per heavy atom. The summed E-state index contributed by atoms with van der Waals surface area (Å²) in [5, 5.41) is 15.3. The number of hydrogen-bond donors (Lipinski definition) is 2.